The van der Waals surface area contributed by atoms with E-state index in [9.17, 15) is 18.0 Å². The predicted molar refractivity (Wildman–Crippen MR) is 101 cm³/mol. The quantitative estimate of drug-likeness (QED) is 0.652. The van der Waals surface area contributed by atoms with Crippen LogP contribution in [-0.2, 0) is 11.2 Å². The van der Waals surface area contributed by atoms with Gasteiger partial charge in [-0.3, -0.25) is 4.79 Å². The molecule has 0 spiro atoms. The lowest BCUT2D eigenvalue weighted by Crippen LogP contribution is -2.50. The number of hydrogen-bond acceptors (Lipinski definition) is 4. The number of likely N-dealkylation sites (tertiary alicyclic amines) is 1. The topological polar surface area (TPSA) is 61.6 Å². The van der Waals surface area contributed by atoms with Gasteiger partial charge in [-0.15, -0.1) is 0 Å². The van der Waals surface area contributed by atoms with Gasteiger partial charge >= 0.3 is 0 Å². The molecule has 3 rings (SSSR count). The van der Waals surface area contributed by atoms with Crippen LogP contribution in [0.3, 0.4) is 0 Å². The summed E-state index contributed by atoms with van der Waals surface area (Å²) in [6.45, 7) is 4.64. The number of carbonyl (C=O) groups is 1. The largest absolute Gasteiger partial charge is 0.338 e. The molecular weight excluding hydrogens is 369 g/mol. The van der Waals surface area contributed by atoms with Crippen LogP contribution in [0.1, 0.15) is 24.8 Å². The monoisotopic (exact) mass is 398 g/mol. The molecule has 2 aliphatic rings. The fourth-order valence-electron chi connectivity index (χ4n) is 4.12. The molecule has 156 valence electrons. The van der Waals surface area contributed by atoms with Crippen molar-refractivity contribution in [2.24, 2.45) is 11.7 Å². The Labute approximate surface area is 164 Å². The van der Waals surface area contributed by atoms with E-state index in [2.05, 4.69) is 17.3 Å². The van der Waals surface area contributed by atoms with E-state index in [1.807, 2.05) is 4.90 Å². The zero-order chi connectivity index (χ0) is 20.3. The minimum atomic E-state index is -1.23. The predicted octanol–water partition coefficient (Wildman–Crippen LogP) is 1.51. The van der Waals surface area contributed by atoms with E-state index in [-0.39, 0.29) is 30.4 Å². The molecule has 1 aromatic rings. The Bertz CT molecular complexity index is 698. The summed E-state index contributed by atoms with van der Waals surface area (Å²) in [4.78, 5) is 16.9. The third-order valence-electron chi connectivity index (χ3n) is 5.66. The lowest BCUT2D eigenvalue weighted by Gasteiger charge is -2.34. The van der Waals surface area contributed by atoms with Gasteiger partial charge < -0.3 is 20.9 Å². The van der Waals surface area contributed by atoms with Crippen LogP contribution < -0.4 is 11.1 Å². The normalized spacial score (nSPS) is 21.2. The van der Waals surface area contributed by atoms with Crippen LogP contribution in [0.25, 0.3) is 0 Å². The Balaban J connectivity index is 1.51. The molecule has 0 bridgehead atoms. The summed E-state index contributed by atoms with van der Waals surface area (Å²) in [5.74, 6) is -2.56. The Morgan fingerprint density at radius 3 is 2.64 bits per heavy atom. The lowest BCUT2D eigenvalue weighted by atomic mass is 10.0. The molecule has 8 heteroatoms. The Morgan fingerprint density at radius 2 is 1.96 bits per heavy atom. The van der Waals surface area contributed by atoms with E-state index in [1.165, 1.54) is 0 Å². The van der Waals surface area contributed by atoms with Gasteiger partial charge in [0, 0.05) is 57.3 Å². The van der Waals surface area contributed by atoms with Crippen molar-refractivity contribution < 1.29 is 18.0 Å². The van der Waals surface area contributed by atoms with Crippen molar-refractivity contribution in [2.75, 3.05) is 39.8 Å². The number of benzene rings is 1. The molecule has 2 fully saturated rings. The number of hydrogen-bond donors (Lipinski definition) is 2. The standard InChI is InChI=1S/C20H29F3N4O/c1-26(11-13-9-25-10-13)12-16-3-2-4-27(16)20(28)7-15(24)5-14-6-18(22)19(23)8-17(14)21/h6,8,13,15-16,25H,2-5,7,9-12,24H2,1H3/t15-,16?/m1/s1. The first-order valence-corrected chi connectivity index (χ1v) is 9.91. The van der Waals surface area contributed by atoms with Crippen molar-refractivity contribution >= 4 is 5.91 Å². The van der Waals surface area contributed by atoms with E-state index in [0.717, 1.165) is 45.1 Å². The molecule has 2 atom stereocenters. The van der Waals surface area contributed by atoms with Gasteiger partial charge in [0.25, 0.3) is 0 Å². The molecule has 5 nitrogen and oxygen atoms in total. The average molecular weight is 398 g/mol. The SMILES string of the molecule is CN(CC1CNC1)CC1CCCN1C(=O)C[C@H](N)Cc1cc(F)c(F)cc1F. The minimum absolute atomic E-state index is 0.00832. The summed E-state index contributed by atoms with van der Waals surface area (Å²) in [5, 5.41) is 3.26. The van der Waals surface area contributed by atoms with Crippen molar-refractivity contribution in [2.45, 2.75) is 37.8 Å². The maximum atomic E-state index is 13.8. The highest BCUT2D eigenvalue weighted by Crippen LogP contribution is 2.21. The molecule has 1 unspecified atom stereocenters. The van der Waals surface area contributed by atoms with E-state index in [1.54, 1.807) is 0 Å². The summed E-state index contributed by atoms with van der Waals surface area (Å²) in [5.41, 5.74) is 6.01. The molecule has 0 saturated carbocycles. The molecule has 2 heterocycles. The van der Waals surface area contributed by atoms with E-state index in [4.69, 9.17) is 5.73 Å². The fourth-order valence-corrected chi connectivity index (χ4v) is 4.12. The van der Waals surface area contributed by atoms with Gasteiger partial charge in [0.1, 0.15) is 5.82 Å². The third kappa shape index (κ3) is 5.24. The van der Waals surface area contributed by atoms with Crippen LogP contribution in [0.15, 0.2) is 12.1 Å². The number of nitrogens with zero attached hydrogens (tertiary/aromatic N) is 2. The van der Waals surface area contributed by atoms with Crippen LogP contribution in [0.5, 0.6) is 0 Å². The van der Waals surface area contributed by atoms with Crippen LogP contribution in [0, 0.1) is 23.4 Å². The number of nitrogens with one attached hydrogen (secondary N) is 1. The molecular formula is C20H29F3N4O. The van der Waals surface area contributed by atoms with Crippen molar-refractivity contribution in [3.63, 3.8) is 0 Å². The molecule has 1 aromatic carbocycles. The highest BCUT2D eigenvalue weighted by molar-refractivity contribution is 5.77. The molecule has 2 aliphatic heterocycles. The molecule has 0 radical (unpaired) electrons. The number of amides is 1. The van der Waals surface area contributed by atoms with Gasteiger partial charge in [-0.2, -0.15) is 0 Å². The van der Waals surface area contributed by atoms with Crippen LogP contribution in [0.2, 0.25) is 0 Å². The fraction of sp³-hybridized carbons (Fsp3) is 0.650. The average Bonchev–Trinajstić information content (AvgIpc) is 3.04. The van der Waals surface area contributed by atoms with Crippen LogP contribution >= 0.6 is 0 Å². The summed E-state index contributed by atoms with van der Waals surface area (Å²) in [6.07, 6.45) is 1.97. The van der Waals surface area contributed by atoms with Crippen molar-refractivity contribution in [1.82, 2.24) is 15.1 Å². The first-order valence-electron chi connectivity index (χ1n) is 9.91. The summed E-state index contributed by atoms with van der Waals surface area (Å²) in [6, 6.07) is 0.853. The summed E-state index contributed by atoms with van der Waals surface area (Å²) in [7, 11) is 2.08. The van der Waals surface area contributed by atoms with Crippen molar-refractivity contribution in [3.05, 3.63) is 35.1 Å². The molecule has 1 amide bonds. The van der Waals surface area contributed by atoms with Crippen LogP contribution in [0.4, 0.5) is 13.2 Å². The Hall–Kier alpha value is -1.64. The number of halogens is 3. The lowest BCUT2D eigenvalue weighted by molar-refractivity contribution is -0.132. The zero-order valence-corrected chi connectivity index (χ0v) is 16.3. The first-order chi connectivity index (χ1) is 13.3. The number of rotatable bonds is 8. The van der Waals surface area contributed by atoms with Crippen molar-refractivity contribution in [3.8, 4) is 0 Å². The van der Waals surface area contributed by atoms with Gasteiger partial charge in [-0.05, 0) is 43.9 Å². The number of nitrogens with two attached hydrogens (primary N) is 1. The molecule has 3 N–H and O–H groups in total. The number of carbonyl (C=O) groups excluding carboxylic acids is 1. The maximum absolute atomic E-state index is 13.8. The third-order valence-corrected chi connectivity index (χ3v) is 5.66. The zero-order valence-electron chi connectivity index (χ0n) is 16.3. The minimum Gasteiger partial charge on any atom is -0.338 e. The maximum Gasteiger partial charge on any atom is 0.224 e. The Kier molecular flexibility index (Phi) is 6.95. The number of likely N-dealkylation sites (N-methyl/N-ethyl adjacent to an activating group) is 1. The second-order valence-electron chi connectivity index (χ2n) is 8.15. The molecule has 0 aromatic heterocycles. The first kappa shape index (κ1) is 21.1. The van der Waals surface area contributed by atoms with Crippen molar-refractivity contribution in [1.29, 1.82) is 0 Å². The second kappa shape index (κ2) is 9.24. The smallest absolute Gasteiger partial charge is 0.224 e. The van der Waals surface area contributed by atoms with Gasteiger partial charge in [0.05, 0.1) is 0 Å². The van der Waals surface area contributed by atoms with E-state index < -0.39 is 23.5 Å². The molecule has 0 aliphatic carbocycles. The highest BCUT2D eigenvalue weighted by atomic mass is 19.2. The van der Waals surface area contributed by atoms with E-state index >= 15 is 0 Å². The Morgan fingerprint density at radius 1 is 1.25 bits per heavy atom. The van der Waals surface area contributed by atoms with Gasteiger partial charge in [-0.1, -0.05) is 0 Å². The van der Waals surface area contributed by atoms with Gasteiger partial charge in [0.15, 0.2) is 11.6 Å². The second-order valence-corrected chi connectivity index (χ2v) is 8.15. The molecule has 2 saturated heterocycles. The van der Waals surface area contributed by atoms with E-state index in [0.29, 0.717) is 18.5 Å². The summed E-state index contributed by atoms with van der Waals surface area (Å²) < 4.78 is 40.2. The summed E-state index contributed by atoms with van der Waals surface area (Å²) >= 11 is 0. The highest BCUT2D eigenvalue weighted by Gasteiger charge is 2.31. The van der Waals surface area contributed by atoms with Gasteiger partial charge in [-0.25, -0.2) is 13.2 Å². The molecule has 28 heavy (non-hydrogen) atoms. The van der Waals surface area contributed by atoms with Crippen LogP contribution in [-0.4, -0.2) is 67.6 Å². The van der Waals surface area contributed by atoms with Gasteiger partial charge in [0.2, 0.25) is 5.91 Å².